The van der Waals surface area contributed by atoms with Crippen LogP contribution in [0.25, 0.3) is 49.4 Å². The Morgan fingerprint density at radius 3 is 2.11 bits per heavy atom. The van der Waals surface area contributed by atoms with E-state index in [0.717, 1.165) is 61.2 Å². The van der Waals surface area contributed by atoms with E-state index in [1.54, 1.807) is 0 Å². The average molecular weight is 569 g/mol. The SMILES string of the molecule is c1ccc(C2N=C(c3cccc(-n4c5ccccc5c5cc6oc7ccccc7c6cc54)c3)NC(c3ccccc3)N2)cc1. The number of rotatable bonds is 4. The fourth-order valence-corrected chi connectivity index (χ4v) is 6.59. The van der Waals surface area contributed by atoms with Crippen LogP contribution in [0.5, 0.6) is 0 Å². The minimum absolute atomic E-state index is 0.0894. The van der Waals surface area contributed by atoms with Crippen molar-refractivity contribution >= 4 is 49.6 Å². The quantitative estimate of drug-likeness (QED) is 0.223. The van der Waals surface area contributed by atoms with Crippen LogP contribution in [0.4, 0.5) is 0 Å². The highest BCUT2D eigenvalue weighted by Crippen LogP contribution is 2.38. The van der Waals surface area contributed by atoms with Crippen molar-refractivity contribution in [1.82, 2.24) is 15.2 Å². The number of nitrogens with zero attached hydrogens (tertiary/aromatic N) is 2. The van der Waals surface area contributed by atoms with E-state index in [9.17, 15) is 0 Å². The zero-order valence-corrected chi connectivity index (χ0v) is 23.8. The molecule has 6 aromatic carbocycles. The highest BCUT2D eigenvalue weighted by atomic mass is 16.3. The molecular weight excluding hydrogens is 540 g/mol. The average Bonchev–Trinajstić information content (AvgIpc) is 3.62. The Morgan fingerprint density at radius 1 is 0.545 bits per heavy atom. The number of benzene rings is 6. The number of furan rings is 1. The number of amidine groups is 1. The monoisotopic (exact) mass is 568 g/mol. The van der Waals surface area contributed by atoms with Gasteiger partial charge in [0, 0.05) is 32.8 Å². The normalized spacial score (nSPS) is 16.9. The third-order valence-electron chi connectivity index (χ3n) is 8.66. The second kappa shape index (κ2) is 9.97. The summed E-state index contributed by atoms with van der Waals surface area (Å²) in [4.78, 5) is 5.19. The van der Waals surface area contributed by atoms with E-state index in [4.69, 9.17) is 9.41 Å². The topological polar surface area (TPSA) is 54.5 Å². The summed E-state index contributed by atoms with van der Waals surface area (Å²) in [5.41, 5.74) is 8.51. The van der Waals surface area contributed by atoms with E-state index in [2.05, 4.69) is 137 Å². The Bertz CT molecular complexity index is 2350. The van der Waals surface area contributed by atoms with Gasteiger partial charge in [-0.3, -0.25) is 5.32 Å². The first-order valence-electron chi connectivity index (χ1n) is 15.0. The zero-order chi connectivity index (χ0) is 29.0. The molecule has 2 unspecified atom stereocenters. The summed E-state index contributed by atoms with van der Waals surface area (Å²) < 4.78 is 8.64. The van der Waals surface area contributed by atoms with Crippen LogP contribution in [0.3, 0.4) is 0 Å². The summed E-state index contributed by atoms with van der Waals surface area (Å²) in [6, 6.07) is 50.9. The predicted molar refractivity (Wildman–Crippen MR) is 179 cm³/mol. The predicted octanol–water partition coefficient (Wildman–Crippen LogP) is 9.02. The number of hydrogen-bond acceptors (Lipinski definition) is 4. The molecule has 5 heteroatoms. The smallest absolute Gasteiger partial charge is 0.136 e. The lowest BCUT2D eigenvalue weighted by molar-refractivity contribution is 0.409. The van der Waals surface area contributed by atoms with Crippen molar-refractivity contribution in [3.63, 3.8) is 0 Å². The van der Waals surface area contributed by atoms with Crippen molar-refractivity contribution in [3.8, 4) is 5.69 Å². The van der Waals surface area contributed by atoms with Crippen LogP contribution in [-0.4, -0.2) is 10.4 Å². The molecule has 0 saturated carbocycles. The standard InChI is InChI=1S/C39H28N4O/c1-3-12-25(13-4-1)37-40-38(26-14-5-2-6-15-26)42-39(41-37)27-16-11-17-28(22-27)43-33-20-9-7-18-29(33)31-24-36-32(23-34(31)43)30-19-8-10-21-35(30)44-36/h1-24,37-38,40H,(H,41,42). The molecule has 8 aromatic rings. The third kappa shape index (κ3) is 4.02. The van der Waals surface area contributed by atoms with Crippen LogP contribution < -0.4 is 10.6 Å². The molecule has 0 saturated heterocycles. The number of para-hydroxylation sites is 2. The van der Waals surface area contributed by atoms with Gasteiger partial charge in [-0.15, -0.1) is 0 Å². The van der Waals surface area contributed by atoms with Crippen LogP contribution in [0.1, 0.15) is 29.0 Å². The lowest BCUT2D eigenvalue weighted by Gasteiger charge is -2.32. The molecule has 3 heterocycles. The Balaban J connectivity index is 1.22. The first-order valence-corrected chi connectivity index (χ1v) is 15.0. The van der Waals surface area contributed by atoms with Gasteiger partial charge >= 0.3 is 0 Å². The molecule has 2 atom stereocenters. The zero-order valence-electron chi connectivity index (χ0n) is 23.8. The summed E-state index contributed by atoms with van der Waals surface area (Å²) in [6.45, 7) is 0. The molecule has 44 heavy (non-hydrogen) atoms. The van der Waals surface area contributed by atoms with Crippen molar-refractivity contribution in [2.24, 2.45) is 4.99 Å². The van der Waals surface area contributed by atoms with Crippen molar-refractivity contribution in [2.75, 3.05) is 0 Å². The molecule has 0 radical (unpaired) electrons. The molecule has 9 rings (SSSR count). The molecule has 1 aliphatic heterocycles. The van der Waals surface area contributed by atoms with Gasteiger partial charge in [0.25, 0.3) is 0 Å². The maximum Gasteiger partial charge on any atom is 0.136 e. The molecule has 5 nitrogen and oxygen atoms in total. The number of fused-ring (bicyclic) bond motifs is 6. The van der Waals surface area contributed by atoms with Gasteiger partial charge in [-0.25, -0.2) is 4.99 Å². The van der Waals surface area contributed by atoms with Crippen LogP contribution in [0.15, 0.2) is 155 Å². The Hall–Kier alpha value is -5.65. The van der Waals surface area contributed by atoms with E-state index in [1.165, 1.54) is 10.8 Å². The van der Waals surface area contributed by atoms with Crippen molar-refractivity contribution in [2.45, 2.75) is 12.3 Å². The largest absolute Gasteiger partial charge is 0.456 e. The fourth-order valence-electron chi connectivity index (χ4n) is 6.59. The number of aromatic nitrogens is 1. The molecule has 0 bridgehead atoms. The summed E-state index contributed by atoms with van der Waals surface area (Å²) in [5.74, 6) is 0.859. The number of hydrogen-bond donors (Lipinski definition) is 2. The lowest BCUT2D eigenvalue weighted by Crippen LogP contribution is -2.44. The van der Waals surface area contributed by atoms with Gasteiger partial charge in [-0.2, -0.15) is 0 Å². The van der Waals surface area contributed by atoms with Crippen molar-refractivity contribution < 1.29 is 4.42 Å². The van der Waals surface area contributed by atoms with Gasteiger partial charge in [0.2, 0.25) is 0 Å². The second-order valence-corrected chi connectivity index (χ2v) is 11.3. The van der Waals surface area contributed by atoms with E-state index in [-0.39, 0.29) is 12.3 Å². The molecule has 0 amide bonds. The maximum atomic E-state index is 6.28. The van der Waals surface area contributed by atoms with Gasteiger partial charge in [0.1, 0.15) is 29.3 Å². The fraction of sp³-hybridized carbons (Fsp3) is 0.0513. The van der Waals surface area contributed by atoms with E-state index in [0.29, 0.717) is 0 Å². The summed E-state index contributed by atoms with van der Waals surface area (Å²) in [5, 5.41) is 12.0. The first kappa shape index (κ1) is 24.9. The molecule has 1 aliphatic rings. The van der Waals surface area contributed by atoms with Crippen molar-refractivity contribution in [1.29, 1.82) is 0 Å². The van der Waals surface area contributed by atoms with E-state index >= 15 is 0 Å². The molecule has 0 fully saturated rings. The van der Waals surface area contributed by atoms with E-state index in [1.807, 2.05) is 24.3 Å². The van der Waals surface area contributed by atoms with Crippen molar-refractivity contribution in [3.05, 3.63) is 162 Å². The molecule has 2 aromatic heterocycles. The maximum absolute atomic E-state index is 6.28. The van der Waals surface area contributed by atoms with Gasteiger partial charge in [-0.05, 0) is 47.5 Å². The van der Waals surface area contributed by atoms with Crippen LogP contribution in [-0.2, 0) is 0 Å². The van der Waals surface area contributed by atoms with Crippen LogP contribution in [0.2, 0.25) is 0 Å². The molecule has 210 valence electrons. The highest BCUT2D eigenvalue weighted by molar-refractivity contribution is 6.17. The second-order valence-electron chi connectivity index (χ2n) is 11.3. The lowest BCUT2D eigenvalue weighted by atomic mass is 10.1. The molecule has 0 spiro atoms. The minimum atomic E-state index is -0.183. The summed E-state index contributed by atoms with van der Waals surface area (Å²) >= 11 is 0. The Labute approximate surface area is 254 Å². The van der Waals surface area contributed by atoms with Crippen LogP contribution >= 0.6 is 0 Å². The molecule has 2 N–H and O–H groups in total. The van der Waals surface area contributed by atoms with Gasteiger partial charge in [0.05, 0.1) is 11.0 Å². The molecular formula is C39H28N4O. The van der Waals surface area contributed by atoms with Crippen LogP contribution in [0, 0.1) is 0 Å². The first-order chi connectivity index (χ1) is 21.8. The van der Waals surface area contributed by atoms with Gasteiger partial charge in [-0.1, -0.05) is 109 Å². The highest BCUT2D eigenvalue weighted by Gasteiger charge is 2.25. The van der Waals surface area contributed by atoms with Gasteiger partial charge < -0.3 is 14.3 Å². The van der Waals surface area contributed by atoms with Gasteiger partial charge in [0.15, 0.2) is 0 Å². The summed E-state index contributed by atoms with van der Waals surface area (Å²) in [6.07, 6.45) is -0.273. The Morgan fingerprint density at radius 2 is 1.27 bits per heavy atom. The van der Waals surface area contributed by atoms with E-state index < -0.39 is 0 Å². The third-order valence-corrected chi connectivity index (χ3v) is 8.66. The number of aliphatic imine (C=N–C) groups is 1. The minimum Gasteiger partial charge on any atom is -0.456 e. The number of nitrogens with one attached hydrogen (secondary N) is 2. The molecule has 0 aliphatic carbocycles. The summed E-state index contributed by atoms with van der Waals surface area (Å²) in [7, 11) is 0. The Kier molecular flexibility index (Phi) is 5.64.